The van der Waals surface area contributed by atoms with Crippen molar-refractivity contribution in [2.45, 2.75) is 0 Å². The summed E-state index contributed by atoms with van der Waals surface area (Å²) in [5.74, 6) is 1.14. The Balaban J connectivity index is 1.07. The molecule has 10 aromatic rings. The van der Waals surface area contributed by atoms with Gasteiger partial charge in [0, 0.05) is 28.2 Å². The van der Waals surface area contributed by atoms with Crippen molar-refractivity contribution >= 4 is 66.5 Å². The quantitative estimate of drug-likeness (QED) is 0.164. The van der Waals surface area contributed by atoms with E-state index in [9.17, 15) is 0 Å². The van der Waals surface area contributed by atoms with Gasteiger partial charge in [-0.15, -0.1) is 0 Å². The SMILES string of the molecule is [C-]#[N+]c1cc(-c2ccc3ccccc3c2)cc2ccc(N(c3ccc(-c4nc5ccccc5o4)cc3)c3ccc(-c4nc5ccccc5o4)cc3)cc12. The highest BCUT2D eigenvalue weighted by Gasteiger charge is 2.17. The van der Waals surface area contributed by atoms with Gasteiger partial charge in [0.2, 0.25) is 11.8 Å². The number of hydrogen-bond donors (Lipinski definition) is 0. The van der Waals surface area contributed by atoms with Crippen molar-refractivity contribution in [1.29, 1.82) is 0 Å². The van der Waals surface area contributed by atoms with E-state index in [4.69, 9.17) is 25.4 Å². The topological polar surface area (TPSA) is 59.7 Å². The van der Waals surface area contributed by atoms with E-state index in [1.54, 1.807) is 0 Å². The minimum atomic E-state index is 0.571. The van der Waals surface area contributed by atoms with Gasteiger partial charge in [-0.25, -0.2) is 14.8 Å². The van der Waals surface area contributed by atoms with Crippen LogP contribution in [0, 0.1) is 6.57 Å². The van der Waals surface area contributed by atoms with Gasteiger partial charge in [-0.05, 0) is 136 Å². The van der Waals surface area contributed by atoms with E-state index in [-0.39, 0.29) is 0 Å². The first-order valence-corrected chi connectivity index (χ1v) is 17.3. The van der Waals surface area contributed by atoms with Crippen molar-refractivity contribution in [1.82, 2.24) is 9.97 Å². The molecule has 6 nitrogen and oxygen atoms in total. The molecule has 2 aromatic heterocycles. The summed E-state index contributed by atoms with van der Waals surface area (Å²) in [4.78, 5) is 15.6. The van der Waals surface area contributed by atoms with E-state index < -0.39 is 0 Å². The first kappa shape index (κ1) is 30.3. The molecule has 0 N–H and O–H groups in total. The van der Waals surface area contributed by atoms with Crippen LogP contribution in [0.2, 0.25) is 0 Å². The highest BCUT2D eigenvalue weighted by molar-refractivity contribution is 6.01. The fourth-order valence-corrected chi connectivity index (χ4v) is 7.04. The summed E-state index contributed by atoms with van der Waals surface area (Å²) in [5, 5.41) is 4.25. The van der Waals surface area contributed by atoms with Crippen molar-refractivity contribution in [3.63, 3.8) is 0 Å². The number of anilines is 3. The number of hydrogen-bond acceptors (Lipinski definition) is 5. The van der Waals surface area contributed by atoms with Gasteiger partial charge in [0.25, 0.3) is 0 Å². The normalized spacial score (nSPS) is 11.4. The van der Waals surface area contributed by atoms with Gasteiger partial charge < -0.3 is 13.7 Å². The Bertz CT molecular complexity index is 2840. The van der Waals surface area contributed by atoms with E-state index in [0.29, 0.717) is 17.5 Å². The number of rotatable bonds is 6. The van der Waals surface area contributed by atoms with E-state index >= 15 is 0 Å². The number of benzene rings is 8. The molecule has 0 atom stereocenters. The summed E-state index contributed by atoms with van der Waals surface area (Å²) in [6.07, 6.45) is 0. The maximum absolute atomic E-state index is 8.19. The number of fused-ring (bicyclic) bond motifs is 4. The van der Waals surface area contributed by atoms with E-state index in [0.717, 1.165) is 72.3 Å². The van der Waals surface area contributed by atoms with E-state index in [1.807, 2.05) is 78.9 Å². The van der Waals surface area contributed by atoms with Gasteiger partial charge in [0.1, 0.15) is 11.0 Å². The molecule has 0 bridgehead atoms. The Kier molecular flexibility index (Phi) is 7.09. The Labute approximate surface area is 304 Å². The molecule has 53 heavy (non-hydrogen) atoms. The van der Waals surface area contributed by atoms with Gasteiger partial charge in [-0.1, -0.05) is 66.7 Å². The van der Waals surface area contributed by atoms with Crippen LogP contribution in [0.3, 0.4) is 0 Å². The van der Waals surface area contributed by atoms with Gasteiger partial charge in [-0.3, -0.25) is 0 Å². The molecule has 0 spiro atoms. The lowest BCUT2D eigenvalue weighted by atomic mass is 9.97. The minimum absolute atomic E-state index is 0.571. The summed E-state index contributed by atoms with van der Waals surface area (Å²) in [5.41, 5.74) is 10.4. The Morgan fingerprint density at radius 2 is 0.943 bits per heavy atom. The van der Waals surface area contributed by atoms with Crippen LogP contribution in [0.25, 0.3) is 82.6 Å². The Morgan fingerprint density at radius 3 is 1.55 bits per heavy atom. The summed E-state index contributed by atoms with van der Waals surface area (Å²) in [7, 11) is 0. The van der Waals surface area contributed by atoms with Crippen molar-refractivity contribution in [2.75, 3.05) is 4.90 Å². The maximum atomic E-state index is 8.19. The van der Waals surface area contributed by atoms with Crippen molar-refractivity contribution in [3.05, 3.63) is 181 Å². The second kappa shape index (κ2) is 12.4. The van der Waals surface area contributed by atoms with Crippen LogP contribution in [0.4, 0.5) is 22.7 Å². The average molecular weight is 681 g/mol. The molecule has 248 valence electrons. The maximum Gasteiger partial charge on any atom is 0.227 e. The third kappa shape index (κ3) is 5.45. The molecule has 0 fully saturated rings. The largest absolute Gasteiger partial charge is 0.436 e. The van der Waals surface area contributed by atoms with Crippen LogP contribution in [0.15, 0.2) is 179 Å². The predicted molar refractivity (Wildman–Crippen MR) is 214 cm³/mol. The molecule has 8 aromatic carbocycles. The average Bonchev–Trinajstić information content (AvgIpc) is 3.86. The smallest absolute Gasteiger partial charge is 0.227 e. The molecule has 2 heterocycles. The first-order valence-electron chi connectivity index (χ1n) is 17.3. The van der Waals surface area contributed by atoms with Gasteiger partial charge in [-0.2, -0.15) is 0 Å². The minimum Gasteiger partial charge on any atom is -0.436 e. The summed E-state index contributed by atoms with van der Waals surface area (Å²) in [6, 6.07) is 57.2. The molecular weight excluding hydrogens is 653 g/mol. The second-order valence-electron chi connectivity index (χ2n) is 13.0. The fourth-order valence-electron chi connectivity index (χ4n) is 7.04. The molecule has 0 unspecified atom stereocenters. The molecule has 0 aliphatic rings. The van der Waals surface area contributed by atoms with Crippen molar-refractivity contribution in [3.8, 4) is 34.0 Å². The molecule has 0 radical (unpaired) electrons. The highest BCUT2D eigenvalue weighted by atomic mass is 16.4. The zero-order valence-electron chi connectivity index (χ0n) is 28.3. The standard InChI is InChI=1S/C47H28N4O2/c1-48-43-28-36(34-15-14-30-8-2-3-9-33(30)26-34)27-35-20-25-39(29-40(35)43)51(37-21-16-31(17-22-37)46-49-41-10-4-6-12-44(41)52-46)38-23-18-32(19-24-38)47-50-42-11-5-7-13-45(42)53-47/h2-29H. The van der Waals surface area contributed by atoms with Crippen LogP contribution in [-0.4, -0.2) is 9.97 Å². The summed E-state index contributed by atoms with van der Waals surface area (Å²) < 4.78 is 12.1. The number of aromatic nitrogens is 2. The lowest BCUT2D eigenvalue weighted by Crippen LogP contribution is -2.09. The molecule has 6 heteroatoms. The highest BCUT2D eigenvalue weighted by Crippen LogP contribution is 2.41. The van der Waals surface area contributed by atoms with Crippen molar-refractivity contribution in [2.24, 2.45) is 0 Å². The van der Waals surface area contributed by atoms with Gasteiger partial charge >= 0.3 is 0 Å². The van der Waals surface area contributed by atoms with Gasteiger partial charge in [0.05, 0.1) is 6.57 Å². The fraction of sp³-hybridized carbons (Fsp3) is 0. The third-order valence-electron chi connectivity index (χ3n) is 9.71. The molecule has 0 saturated carbocycles. The molecule has 0 saturated heterocycles. The summed E-state index contributed by atoms with van der Waals surface area (Å²) >= 11 is 0. The monoisotopic (exact) mass is 680 g/mol. The first-order chi connectivity index (χ1) is 26.2. The lowest BCUT2D eigenvalue weighted by Gasteiger charge is -2.26. The van der Waals surface area contributed by atoms with E-state index in [1.165, 1.54) is 10.8 Å². The van der Waals surface area contributed by atoms with Crippen LogP contribution in [-0.2, 0) is 0 Å². The van der Waals surface area contributed by atoms with Crippen LogP contribution >= 0.6 is 0 Å². The zero-order chi connectivity index (χ0) is 35.3. The zero-order valence-corrected chi connectivity index (χ0v) is 28.3. The lowest BCUT2D eigenvalue weighted by molar-refractivity contribution is 0.619. The third-order valence-corrected chi connectivity index (χ3v) is 9.71. The summed E-state index contributed by atoms with van der Waals surface area (Å²) in [6.45, 7) is 8.19. The molecule has 10 rings (SSSR count). The number of nitrogens with zero attached hydrogens (tertiary/aromatic N) is 4. The Morgan fingerprint density at radius 1 is 0.434 bits per heavy atom. The molecule has 0 aliphatic carbocycles. The van der Waals surface area contributed by atoms with E-state index in [2.05, 4.69) is 101 Å². The molecule has 0 aliphatic heterocycles. The second-order valence-corrected chi connectivity index (χ2v) is 13.0. The molecular formula is C47H28N4O2. The van der Waals surface area contributed by atoms with Gasteiger partial charge in [0.15, 0.2) is 16.9 Å². The number of para-hydroxylation sites is 4. The predicted octanol–water partition coefficient (Wildman–Crippen LogP) is 13.3. The Hall–Kier alpha value is -7.49. The van der Waals surface area contributed by atoms with Crippen molar-refractivity contribution < 1.29 is 8.83 Å². The number of oxazole rings is 2. The van der Waals surface area contributed by atoms with Crippen LogP contribution < -0.4 is 4.90 Å². The molecule has 0 amide bonds. The van der Waals surface area contributed by atoms with Crippen LogP contribution in [0.1, 0.15) is 0 Å². The van der Waals surface area contributed by atoms with Crippen LogP contribution in [0.5, 0.6) is 0 Å².